The van der Waals surface area contributed by atoms with E-state index in [1.165, 1.54) is 11.0 Å². The van der Waals surface area contributed by atoms with Gasteiger partial charge in [0.1, 0.15) is 0 Å². The first-order chi connectivity index (χ1) is 12.4. The molecular formula is C19H19F3N2O2. The van der Waals surface area contributed by atoms with Crippen LogP contribution in [0, 0.1) is 0 Å². The molecule has 0 fully saturated rings. The first-order valence-corrected chi connectivity index (χ1v) is 8.38. The molecule has 0 unspecified atom stereocenters. The molecule has 26 heavy (non-hydrogen) atoms. The SMILES string of the molecule is CCOC(=O)N(c1ccccc1)[C@H]1CCNc2ccc(C(F)(F)F)cc21. The number of anilines is 2. The van der Waals surface area contributed by atoms with Gasteiger partial charge >= 0.3 is 12.3 Å². The van der Waals surface area contributed by atoms with E-state index in [2.05, 4.69) is 5.32 Å². The number of alkyl halides is 3. The molecule has 0 aliphatic carbocycles. The molecule has 0 radical (unpaired) electrons. The van der Waals surface area contributed by atoms with Crippen molar-refractivity contribution in [2.24, 2.45) is 0 Å². The van der Waals surface area contributed by atoms with Crippen LogP contribution in [0.25, 0.3) is 0 Å². The number of amides is 1. The first-order valence-electron chi connectivity index (χ1n) is 8.38. The number of fused-ring (bicyclic) bond motifs is 1. The van der Waals surface area contributed by atoms with Crippen LogP contribution in [0.5, 0.6) is 0 Å². The Hall–Kier alpha value is -2.70. The number of benzene rings is 2. The van der Waals surface area contributed by atoms with E-state index < -0.39 is 23.9 Å². The third kappa shape index (κ3) is 3.61. The van der Waals surface area contributed by atoms with Crippen molar-refractivity contribution in [3.05, 3.63) is 59.7 Å². The highest BCUT2D eigenvalue weighted by molar-refractivity contribution is 5.89. The topological polar surface area (TPSA) is 41.6 Å². The predicted molar refractivity (Wildman–Crippen MR) is 93.2 cm³/mol. The normalized spacial score (nSPS) is 16.4. The molecule has 1 amide bonds. The number of hydrogen-bond donors (Lipinski definition) is 1. The van der Waals surface area contributed by atoms with E-state index in [1.54, 1.807) is 31.2 Å². The van der Waals surface area contributed by atoms with Crippen molar-refractivity contribution in [1.82, 2.24) is 0 Å². The third-order valence-corrected chi connectivity index (χ3v) is 4.28. The van der Waals surface area contributed by atoms with Gasteiger partial charge in [0.15, 0.2) is 0 Å². The molecule has 138 valence electrons. The summed E-state index contributed by atoms with van der Waals surface area (Å²) in [7, 11) is 0. The fourth-order valence-corrected chi connectivity index (χ4v) is 3.14. The highest BCUT2D eigenvalue weighted by Crippen LogP contribution is 2.40. The van der Waals surface area contributed by atoms with Crippen LogP contribution in [-0.4, -0.2) is 19.2 Å². The van der Waals surface area contributed by atoms with Crippen LogP contribution in [0.15, 0.2) is 48.5 Å². The molecule has 0 saturated heterocycles. The molecule has 0 spiro atoms. The summed E-state index contributed by atoms with van der Waals surface area (Å²) in [6, 6.07) is 11.9. The Morgan fingerprint density at radius 1 is 1.23 bits per heavy atom. The number of ether oxygens (including phenoxy) is 1. The standard InChI is InChI=1S/C19H19F3N2O2/c1-2-26-18(25)24(14-6-4-3-5-7-14)17-10-11-23-16-9-8-13(12-15(16)17)19(20,21)22/h3-9,12,17,23H,2,10-11H2,1H3/t17-/m0/s1. The quantitative estimate of drug-likeness (QED) is 0.811. The van der Waals surface area contributed by atoms with E-state index in [1.807, 2.05) is 6.07 Å². The van der Waals surface area contributed by atoms with Gasteiger partial charge in [-0.1, -0.05) is 18.2 Å². The van der Waals surface area contributed by atoms with E-state index in [-0.39, 0.29) is 6.61 Å². The van der Waals surface area contributed by atoms with E-state index in [0.717, 1.165) is 12.1 Å². The second-order valence-electron chi connectivity index (χ2n) is 5.94. The van der Waals surface area contributed by atoms with Gasteiger partial charge in [-0.05, 0) is 49.2 Å². The third-order valence-electron chi connectivity index (χ3n) is 4.28. The summed E-state index contributed by atoms with van der Waals surface area (Å²) >= 11 is 0. The maximum atomic E-state index is 13.2. The molecule has 0 saturated carbocycles. The molecule has 0 bridgehead atoms. The number of carbonyl (C=O) groups excluding carboxylic acids is 1. The highest BCUT2D eigenvalue weighted by atomic mass is 19.4. The summed E-state index contributed by atoms with van der Waals surface area (Å²) < 4.78 is 44.7. The first kappa shape index (κ1) is 18.1. The molecule has 1 heterocycles. The van der Waals surface area contributed by atoms with Crippen molar-refractivity contribution < 1.29 is 22.7 Å². The van der Waals surface area contributed by atoms with Crippen molar-refractivity contribution in [1.29, 1.82) is 0 Å². The minimum absolute atomic E-state index is 0.183. The summed E-state index contributed by atoms with van der Waals surface area (Å²) in [6.45, 7) is 2.42. The lowest BCUT2D eigenvalue weighted by Gasteiger charge is -2.36. The number of para-hydroxylation sites is 1. The maximum absolute atomic E-state index is 13.2. The van der Waals surface area contributed by atoms with Gasteiger partial charge in [-0.25, -0.2) is 4.79 Å². The van der Waals surface area contributed by atoms with Crippen LogP contribution in [0.1, 0.15) is 30.5 Å². The van der Waals surface area contributed by atoms with Crippen LogP contribution in [-0.2, 0) is 10.9 Å². The number of hydrogen-bond acceptors (Lipinski definition) is 3. The number of rotatable bonds is 3. The van der Waals surface area contributed by atoms with Crippen LogP contribution < -0.4 is 10.2 Å². The highest BCUT2D eigenvalue weighted by Gasteiger charge is 2.36. The lowest BCUT2D eigenvalue weighted by Crippen LogP contribution is -2.38. The molecule has 2 aromatic carbocycles. The van der Waals surface area contributed by atoms with E-state index in [4.69, 9.17) is 4.74 Å². The van der Waals surface area contributed by atoms with Gasteiger partial charge in [0.05, 0.1) is 18.2 Å². The van der Waals surface area contributed by atoms with Crippen LogP contribution in [0.3, 0.4) is 0 Å². The predicted octanol–water partition coefficient (Wildman–Crippen LogP) is 5.23. The number of nitrogens with one attached hydrogen (secondary N) is 1. The second kappa shape index (κ2) is 7.27. The largest absolute Gasteiger partial charge is 0.449 e. The molecule has 3 rings (SSSR count). The van der Waals surface area contributed by atoms with Crippen molar-refractivity contribution >= 4 is 17.5 Å². The Morgan fingerprint density at radius 2 is 1.96 bits per heavy atom. The lowest BCUT2D eigenvalue weighted by atomic mass is 9.94. The van der Waals surface area contributed by atoms with Gasteiger partial charge in [0.25, 0.3) is 0 Å². The van der Waals surface area contributed by atoms with Crippen molar-refractivity contribution in [3.63, 3.8) is 0 Å². The molecule has 1 aliphatic heterocycles. The molecule has 4 nitrogen and oxygen atoms in total. The molecule has 1 atom stereocenters. The molecule has 7 heteroatoms. The second-order valence-corrected chi connectivity index (χ2v) is 5.94. The fourth-order valence-electron chi connectivity index (χ4n) is 3.14. The van der Waals surface area contributed by atoms with Gasteiger partial charge in [-0.3, -0.25) is 4.90 Å². The Bertz CT molecular complexity index is 778. The van der Waals surface area contributed by atoms with Gasteiger partial charge in [0, 0.05) is 17.9 Å². The van der Waals surface area contributed by atoms with Gasteiger partial charge in [-0.15, -0.1) is 0 Å². The summed E-state index contributed by atoms with van der Waals surface area (Å²) in [4.78, 5) is 14.0. The zero-order valence-corrected chi connectivity index (χ0v) is 14.2. The van der Waals surface area contributed by atoms with E-state index in [9.17, 15) is 18.0 Å². The van der Waals surface area contributed by atoms with Crippen LogP contribution >= 0.6 is 0 Å². The van der Waals surface area contributed by atoms with Gasteiger partial charge < -0.3 is 10.1 Å². The maximum Gasteiger partial charge on any atom is 0.416 e. The Labute approximate surface area is 149 Å². The van der Waals surface area contributed by atoms with Crippen LogP contribution in [0.2, 0.25) is 0 Å². The van der Waals surface area contributed by atoms with Crippen molar-refractivity contribution in [2.45, 2.75) is 25.6 Å². The number of halogens is 3. The summed E-state index contributed by atoms with van der Waals surface area (Å²) in [6.07, 6.45) is -4.55. The summed E-state index contributed by atoms with van der Waals surface area (Å²) in [5, 5.41) is 3.10. The number of nitrogens with zero attached hydrogens (tertiary/aromatic N) is 1. The van der Waals surface area contributed by atoms with E-state index >= 15 is 0 Å². The average molecular weight is 364 g/mol. The minimum Gasteiger partial charge on any atom is -0.449 e. The monoisotopic (exact) mass is 364 g/mol. The minimum atomic E-state index is -4.45. The Kier molecular flexibility index (Phi) is 5.06. The molecule has 1 aliphatic rings. The van der Waals surface area contributed by atoms with Crippen LogP contribution in [0.4, 0.5) is 29.3 Å². The van der Waals surface area contributed by atoms with Gasteiger partial charge in [-0.2, -0.15) is 13.2 Å². The summed E-state index contributed by atoms with van der Waals surface area (Å²) in [5.74, 6) is 0. The molecule has 1 N–H and O–H groups in total. The fraction of sp³-hybridized carbons (Fsp3) is 0.316. The molecular weight excluding hydrogens is 345 g/mol. The van der Waals surface area contributed by atoms with Gasteiger partial charge in [0.2, 0.25) is 0 Å². The zero-order chi connectivity index (χ0) is 18.7. The number of carbonyl (C=O) groups is 1. The van der Waals surface area contributed by atoms with E-state index in [0.29, 0.717) is 29.9 Å². The molecule has 2 aromatic rings. The summed E-state index contributed by atoms with van der Waals surface area (Å²) in [5.41, 5.74) is 0.880. The molecule has 0 aromatic heterocycles. The zero-order valence-electron chi connectivity index (χ0n) is 14.2. The smallest absolute Gasteiger partial charge is 0.416 e. The average Bonchev–Trinajstić information content (AvgIpc) is 2.62. The lowest BCUT2D eigenvalue weighted by molar-refractivity contribution is -0.137. The Balaban J connectivity index is 2.08. The van der Waals surface area contributed by atoms with Crippen molar-refractivity contribution in [3.8, 4) is 0 Å². The van der Waals surface area contributed by atoms with Crippen molar-refractivity contribution in [2.75, 3.05) is 23.4 Å². The Morgan fingerprint density at radius 3 is 2.62 bits per heavy atom.